The second-order valence-electron chi connectivity index (χ2n) is 7.62. The summed E-state index contributed by atoms with van der Waals surface area (Å²) in [5.41, 5.74) is 0.819. The molecular weight excluding hydrogens is 404 g/mol. The molecule has 0 spiro atoms. The summed E-state index contributed by atoms with van der Waals surface area (Å²) in [6, 6.07) is 11.4. The minimum atomic E-state index is -3.73. The fraction of sp³-hybridized carbons (Fsp3) is 0.350. The smallest absolute Gasteiger partial charge is 0.269 e. The van der Waals surface area contributed by atoms with E-state index in [2.05, 4.69) is 20.5 Å². The normalized spacial score (nSPS) is 20.2. The van der Waals surface area contributed by atoms with E-state index < -0.39 is 15.4 Å². The van der Waals surface area contributed by atoms with Crippen LogP contribution in [0.15, 0.2) is 60.1 Å². The summed E-state index contributed by atoms with van der Waals surface area (Å²) in [6.45, 7) is 0.990. The summed E-state index contributed by atoms with van der Waals surface area (Å²) in [4.78, 5) is 16.5. The molecule has 9 nitrogen and oxygen atoms in total. The van der Waals surface area contributed by atoms with Crippen molar-refractivity contribution in [2.45, 2.75) is 23.3 Å². The number of sulfonamides is 1. The van der Waals surface area contributed by atoms with Gasteiger partial charge in [-0.3, -0.25) is 9.89 Å². The first-order valence-electron chi connectivity index (χ1n) is 9.72. The molecule has 3 aromatic rings. The zero-order valence-corrected chi connectivity index (χ0v) is 17.5. The Morgan fingerprint density at radius 2 is 2.07 bits per heavy atom. The highest BCUT2D eigenvalue weighted by Crippen LogP contribution is 2.35. The molecule has 1 amide bonds. The van der Waals surface area contributed by atoms with Gasteiger partial charge >= 0.3 is 0 Å². The first-order chi connectivity index (χ1) is 14.4. The van der Waals surface area contributed by atoms with Gasteiger partial charge in [0.2, 0.25) is 0 Å². The van der Waals surface area contributed by atoms with Gasteiger partial charge in [0.1, 0.15) is 5.69 Å². The maximum Gasteiger partial charge on any atom is 0.269 e. The fourth-order valence-electron chi connectivity index (χ4n) is 3.95. The molecule has 0 saturated carbocycles. The van der Waals surface area contributed by atoms with Crippen LogP contribution in [0.25, 0.3) is 0 Å². The Balaban J connectivity index is 1.63. The highest BCUT2D eigenvalue weighted by Gasteiger charge is 2.42. The van der Waals surface area contributed by atoms with Crippen LogP contribution in [-0.2, 0) is 22.5 Å². The average Bonchev–Trinajstić information content (AvgIpc) is 3.45. The molecular formula is C20H24N6O3S. The highest BCUT2D eigenvalue weighted by atomic mass is 32.2. The third-order valence-electron chi connectivity index (χ3n) is 5.55. The molecule has 10 heteroatoms. The molecule has 0 bridgehead atoms. The first-order valence-corrected chi connectivity index (χ1v) is 11.2. The van der Waals surface area contributed by atoms with Gasteiger partial charge in [-0.25, -0.2) is 13.4 Å². The molecule has 158 valence electrons. The number of hydrogen-bond donors (Lipinski definition) is 2. The maximum absolute atomic E-state index is 13.2. The van der Waals surface area contributed by atoms with Gasteiger partial charge in [0, 0.05) is 44.5 Å². The van der Waals surface area contributed by atoms with Crippen LogP contribution in [0.2, 0.25) is 0 Å². The average molecular weight is 429 g/mol. The number of carbonyl (C=O) groups is 1. The second-order valence-corrected chi connectivity index (χ2v) is 9.50. The third kappa shape index (κ3) is 3.88. The Bertz CT molecular complexity index is 1110. The molecule has 1 unspecified atom stereocenters. The number of aryl methyl sites for hydroxylation is 1. The molecule has 2 aromatic heterocycles. The number of aromatic amines is 1. The van der Waals surface area contributed by atoms with Gasteiger partial charge in [0.15, 0.2) is 5.03 Å². The van der Waals surface area contributed by atoms with Crippen molar-refractivity contribution in [2.24, 2.45) is 7.05 Å². The summed E-state index contributed by atoms with van der Waals surface area (Å²) >= 11 is 0. The largest absolute Gasteiger partial charge is 0.350 e. The molecule has 1 aliphatic rings. The number of aromatic nitrogens is 4. The predicted octanol–water partition coefficient (Wildman–Crippen LogP) is 1.30. The number of H-pyrrole nitrogens is 1. The SMILES string of the molecule is Cn1cnc(S(=O)(=O)N2CCCC(CNC(=O)c3ccn[nH]3)(c3ccccc3)C2)c1. The van der Waals surface area contributed by atoms with Gasteiger partial charge in [-0.2, -0.15) is 9.40 Å². The summed E-state index contributed by atoms with van der Waals surface area (Å²) < 4.78 is 29.5. The Labute approximate surface area is 175 Å². The van der Waals surface area contributed by atoms with Gasteiger partial charge in [-0.05, 0) is 24.5 Å². The molecule has 0 aliphatic carbocycles. The summed E-state index contributed by atoms with van der Waals surface area (Å²) in [5, 5.41) is 9.46. The van der Waals surface area contributed by atoms with E-state index >= 15 is 0 Å². The number of piperidine rings is 1. The van der Waals surface area contributed by atoms with Crippen LogP contribution in [0, 0.1) is 0 Å². The third-order valence-corrected chi connectivity index (χ3v) is 7.28. The summed E-state index contributed by atoms with van der Waals surface area (Å²) in [5.74, 6) is -0.271. The van der Waals surface area contributed by atoms with E-state index in [1.165, 1.54) is 23.0 Å². The van der Waals surface area contributed by atoms with E-state index in [0.717, 1.165) is 12.0 Å². The number of rotatable bonds is 6. The van der Waals surface area contributed by atoms with Gasteiger partial charge in [-0.1, -0.05) is 30.3 Å². The number of hydrogen-bond acceptors (Lipinski definition) is 5. The lowest BCUT2D eigenvalue weighted by molar-refractivity contribution is 0.0927. The minimum absolute atomic E-state index is 0.0374. The second kappa shape index (κ2) is 8.04. The number of amides is 1. The van der Waals surface area contributed by atoms with Crippen molar-refractivity contribution in [2.75, 3.05) is 19.6 Å². The molecule has 30 heavy (non-hydrogen) atoms. The van der Waals surface area contributed by atoms with E-state index in [4.69, 9.17) is 0 Å². The van der Waals surface area contributed by atoms with Crippen molar-refractivity contribution in [3.63, 3.8) is 0 Å². The maximum atomic E-state index is 13.2. The van der Waals surface area contributed by atoms with E-state index in [-0.39, 0.29) is 17.5 Å². The molecule has 1 aliphatic heterocycles. The molecule has 4 rings (SSSR count). The van der Waals surface area contributed by atoms with Crippen molar-refractivity contribution in [3.05, 3.63) is 66.4 Å². The van der Waals surface area contributed by atoms with Crippen molar-refractivity contribution in [3.8, 4) is 0 Å². The van der Waals surface area contributed by atoms with Crippen molar-refractivity contribution >= 4 is 15.9 Å². The predicted molar refractivity (Wildman–Crippen MR) is 110 cm³/mol. The Kier molecular flexibility index (Phi) is 5.44. The Hall–Kier alpha value is -2.98. The monoisotopic (exact) mass is 428 g/mol. The summed E-state index contributed by atoms with van der Waals surface area (Å²) in [6.07, 6.45) is 5.94. The number of imidazole rings is 1. The molecule has 3 heterocycles. The van der Waals surface area contributed by atoms with Crippen molar-refractivity contribution < 1.29 is 13.2 Å². The standard InChI is InChI=1S/C20H24N6O3S/c1-25-12-18(22-15-25)30(28,29)26-11-5-9-20(14-26,16-6-3-2-4-7-16)13-21-19(27)17-8-10-23-24-17/h2-4,6-8,10,12,15H,5,9,11,13-14H2,1H3,(H,21,27)(H,23,24). The van der Waals surface area contributed by atoms with Gasteiger partial charge in [0.05, 0.1) is 6.33 Å². The van der Waals surface area contributed by atoms with Crippen molar-refractivity contribution in [1.29, 1.82) is 0 Å². The van der Waals surface area contributed by atoms with Crippen LogP contribution in [-0.4, -0.2) is 58.0 Å². The van der Waals surface area contributed by atoms with Gasteiger partial charge in [0.25, 0.3) is 15.9 Å². The highest BCUT2D eigenvalue weighted by molar-refractivity contribution is 7.89. The number of nitrogens with zero attached hydrogens (tertiary/aromatic N) is 4. The lowest BCUT2D eigenvalue weighted by Gasteiger charge is -2.42. The van der Waals surface area contributed by atoms with Crippen molar-refractivity contribution in [1.82, 2.24) is 29.4 Å². The molecule has 1 fully saturated rings. The van der Waals surface area contributed by atoms with Crippen LogP contribution in [0.5, 0.6) is 0 Å². The molecule has 0 radical (unpaired) electrons. The van der Waals surface area contributed by atoms with Crippen LogP contribution in [0.4, 0.5) is 0 Å². The van der Waals surface area contributed by atoms with E-state index in [9.17, 15) is 13.2 Å². The number of benzene rings is 1. The van der Waals surface area contributed by atoms with Crippen LogP contribution in [0.1, 0.15) is 28.9 Å². The minimum Gasteiger partial charge on any atom is -0.350 e. The van der Waals surface area contributed by atoms with Crippen LogP contribution < -0.4 is 5.32 Å². The van der Waals surface area contributed by atoms with Crippen LogP contribution in [0.3, 0.4) is 0 Å². The topological polar surface area (TPSA) is 113 Å². The fourth-order valence-corrected chi connectivity index (χ4v) is 5.48. The molecule has 1 saturated heterocycles. The Morgan fingerprint density at radius 1 is 1.27 bits per heavy atom. The van der Waals surface area contributed by atoms with Crippen LogP contribution >= 0.6 is 0 Å². The van der Waals surface area contributed by atoms with E-state index in [0.29, 0.717) is 25.2 Å². The first kappa shape index (κ1) is 20.3. The summed E-state index contributed by atoms with van der Waals surface area (Å²) in [7, 11) is -1.99. The Morgan fingerprint density at radius 3 is 2.73 bits per heavy atom. The lowest BCUT2D eigenvalue weighted by Crippen LogP contribution is -2.53. The molecule has 2 N–H and O–H groups in total. The number of carbonyl (C=O) groups excluding carboxylic acids is 1. The van der Waals surface area contributed by atoms with Gasteiger partial charge < -0.3 is 9.88 Å². The molecule has 1 atom stereocenters. The zero-order valence-electron chi connectivity index (χ0n) is 16.7. The quantitative estimate of drug-likeness (QED) is 0.614. The molecule has 1 aromatic carbocycles. The van der Waals surface area contributed by atoms with E-state index in [1.807, 2.05) is 30.3 Å². The van der Waals surface area contributed by atoms with Gasteiger partial charge in [-0.15, -0.1) is 0 Å². The van der Waals surface area contributed by atoms with E-state index in [1.54, 1.807) is 17.7 Å². The number of nitrogens with one attached hydrogen (secondary N) is 2. The zero-order chi connectivity index (χ0) is 21.2. The lowest BCUT2D eigenvalue weighted by atomic mass is 9.74.